The lowest BCUT2D eigenvalue weighted by Gasteiger charge is -2.24. The zero-order chi connectivity index (χ0) is 12.1. The van der Waals surface area contributed by atoms with Gasteiger partial charge < -0.3 is 15.4 Å². The molecule has 1 amide bonds. The van der Waals surface area contributed by atoms with Gasteiger partial charge in [0.05, 0.1) is 6.61 Å². The Bertz CT molecular complexity index is 370. The number of hydrogen-bond acceptors (Lipinski definition) is 3. The molecule has 0 bridgehead atoms. The Kier molecular flexibility index (Phi) is 3.98. The van der Waals surface area contributed by atoms with Gasteiger partial charge in [-0.2, -0.15) is 0 Å². The van der Waals surface area contributed by atoms with Gasteiger partial charge in [0, 0.05) is 30.9 Å². The smallest absolute Gasteiger partial charge is 0.221 e. The molecule has 2 rings (SSSR count). The molecule has 1 aromatic rings. The van der Waals surface area contributed by atoms with E-state index in [4.69, 9.17) is 4.74 Å². The number of amides is 1. The van der Waals surface area contributed by atoms with E-state index in [-0.39, 0.29) is 5.91 Å². The second-order valence-electron chi connectivity index (χ2n) is 4.32. The van der Waals surface area contributed by atoms with Crippen molar-refractivity contribution in [2.75, 3.05) is 23.8 Å². The molecule has 1 aromatic carbocycles. The topological polar surface area (TPSA) is 50.4 Å². The van der Waals surface area contributed by atoms with Crippen LogP contribution in [0.3, 0.4) is 0 Å². The second-order valence-corrected chi connectivity index (χ2v) is 4.32. The average Bonchev–Trinajstić information content (AvgIpc) is 2.32. The third kappa shape index (κ3) is 3.75. The third-order valence-electron chi connectivity index (χ3n) is 2.74. The van der Waals surface area contributed by atoms with Crippen molar-refractivity contribution in [1.29, 1.82) is 0 Å². The number of nitrogens with one attached hydrogen (secondary N) is 2. The fourth-order valence-electron chi connectivity index (χ4n) is 1.94. The van der Waals surface area contributed by atoms with Crippen LogP contribution in [0.1, 0.15) is 19.8 Å². The van der Waals surface area contributed by atoms with E-state index in [1.54, 1.807) is 0 Å². The number of carbonyl (C=O) groups is 1. The number of carbonyl (C=O) groups excluding carboxylic acids is 1. The number of benzene rings is 1. The fourth-order valence-corrected chi connectivity index (χ4v) is 1.94. The number of hydrogen-bond donors (Lipinski definition) is 2. The van der Waals surface area contributed by atoms with Crippen LogP contribution in [0.15, 0.2) is 24.3 Å². The SMILES string of the molecule is CC(=O)Nc1ccc(NC2CCCOC2)cc1. The summed E-state index contributed by atoms with van der Waals surface area (Å²) in [5.41, 5.74) is 1.89. The normalized spacial score (nSPS) is 19.7. The van der Waals surface area contributed by atoms with Crippen molar-refractivity contribution in [2.45, 2.75) is 25.8 Å². The molecule has 1 atom stereocenters. The molecule has 1 heterocycles. The minimum Gasteiger partial charge on any atom is -0.380 e. The van der Waals surface area contributed by atoms with Crippen molar-refractivity contribution in [1.82, 2.24) is 0 Å². The molecule has 17 heavy (non-hydrogen) atoms. The standard InChI is InChI=1S/C13H18N2O2/c1-10(16)14-11-4-6-12(7-5-11)15-13-3-2-8-17-9-13/h4-7,13,15H,2-3,8-9H2,1H3,(H,14,16). The van der Waals surface area contributed by atoms with E-state index < -0.39 is 0 Å². The summed E-state index contributed by atoms with van der Waals surface area (Å²) >= 11 is 0. The maximum absolute atomic E-state index is 10.9. The van der Waals surface area contributed by atoms with Crippen LogP contribution in [0.4, 0.5) is 11.4 Å². The van der Waals surface area contributed by atoms with Crippen molar-refractivity contribution in [3.63, 3.8) is 0 Å². The Balaban J connectivity index is 1.90. The lowest BCUT2D eigenvalue weighted by Crippen LogP contribution is -2.29. The summed E-state index contributed by atoms with van der Waals surface area (Å²) in [5, 5.41) is 6.17. The van der Waals surface area contributed by atoms with Crippen LogP contribution in [0, 0.1) is 0 Å². The monoisotopic (exact) mass is 234 g/mol. The molecule has 1 aliphatic heterocycles. The maximum atomic E-state index is 10.9. The molecule has 4 nitrogen and oxygen atoms in total. The summed E-state index contributed by atoms with van der Waals surface area (Å²) in [6.45, 7) is 3.15. The predicted octanol–water partition coefficient (Wildman–Crippen LogP) is 2.24. The Hall–Kier alpha value is -1.55. The molecule has 2 N–H and O–H groups in total. The molecule has 1 aliphatic rings. The molecule has 92 valence electrons. The summed E-state index contributed by atoms with van der Waals surface area (Å²) in [5.74, 6) is -0.0496. The Morgan fingerprint density at radius 2 is 2.00 bits per heavy atom. The number of anilines is 2. The van der Waals surface area contributed by atoms with Crippen LogP contribution in [-0.4, -0.2) is 25.2 Å². The van der Waals surface area contributed by atoms with E-state index >= 15 is 0 Å². The molecule has 4 heteroatoms. The van der Waals surface area contributed by atoms with Crippen molar-refractivity contribution in [2.24, 2.45) is 0 Å². The van der Waals surface area contributed by atoms with Gasteiger partial charge in [-0.1, -0.05) is 0 Å². The lowest BCUT2D eigenvalue weighted by molar-refractivity contribution is -0.114. The first kappa shape index (κ1) is 11.9. The average molecular weight is 234 g/mol. The van der Waals surface area contributed by atoms with E-state index in [0.29, 0.717) is 6.04 Å². The van der Waals surface area contributed by atoms with Crippen LogP contribution in [0.25, 0.3) is 0 Å². The summed E-state index contributed by atoms with van der Waals surface area (Å²) in [6.07, 6.45) is 2.26. The molecule has 0 radical (unpaired) electrons. The van der Waals surface area contributed by atoms with Gasteiger partial charge in [0.25, 0.3) is 0 Å². The van der Waals surface area contributed by atoms with E-state index in [9.17, 15) is 4.79 Å². The Labute approximate surface area is 101 Å². The van der Waals surface area contributed by atoms with Crippen molar-refractivity contribution in [3.8, 4) is 0 Å². The van der Waals surface area contributed by atoms with E-state index in [1.807, 2.05) is 24.3 Å². The highest BCUT2D eigenvalue weighted by molar-refractivity contribution is 5.88. The van der Waals surface area contributed by atoms with Crippen molar-refractivity contribution in [3.05, 3.63) is 24.3 Å². The molecule has 1 saturated heterocycles. The molecule has 1 unspecified atom stereocenters. The van der Waals surface area contributed by atoms with E-state index in [2.05, 4.69) is 10.6 Å². The molecular formula is C13H18N2O2. The first-order valence-corrected chi connectivity index (χ1v) is 5.96. The molecule has 0 saturated carbocycles. The van der Waals surface area contributed by atoms with E-state index in [0.717, 1.165) is 37.4 Å². The number of ether oxygens (including phenoxy) is 1. The van der Waals surface area contributed by atoms with E-state index in [1.165, 1.54) is 6.92 Å². The van der Waals surface area contributed by atoms with Gasteiger partial charge in [-0.05, 0) is 37.1 Å². The van der Waals surface area contributed by atoms with Gasteiger partial charge in [0.2, 0.25) is 5.91 Å². The largest absolute Gasteiger partial charge is 0.380 e. The summed E-state index contributed by atoms with van der Waals surface area (Å²) < 4.78 is 5.41. The van der Waals surface area contributed by atoms with Gasteiger partial charge in [-0.25, -0.2) is 0 Å². The minimum atomic E-state index is -0.0496. The van der Waals surface area contributed by atoms with Crippen LogP contribution < -0.4 is 10.6 Å². The zero-order valence-corrected chi connectivity index (χ0v) is 10.0. The van der Waals surface area contributed by atoms with Crippen molar-refractivity contribution < 1.29 is 9.53 Å². The second kappa shape index (κ2) is 5.68. The maximum Gasteiger partial charge on any atom is 0.221 e. The van der Waals surface area contributed by atoms with Crippen LogP contribution in [0.2, 0.25) is 0 Å². The van der Waals surface area contributed by atoms with Gasteiger partial charge in [-0.3, -0.25) is 4.79 Å². The molecule has 1 fully saturated rings. The van der Waals surface area contributed by atoms with Gasteiger partial charge in [0.15, 0.2) is 0 Å². The van der Waals surface area contributed by atoms with Crippen LogP contribution in [0.5, 0.6) is 0 Å². The van der Waals surface area contributed by atoms with Crippen LogP contribution >= 0.6 is 0 Å². The molecule has 0 spiro atoms. The first-order chi connectivity index (χ1) is 8.24. The van der Waals surface area contributed by atoms with Gasteiger partial charge in [0.1, 0.15) is 0 Å². The summed E-state index contributed by atoms with van der Waals surface area (Å²) in [4.78, 5) is 10.9. The lowest BCUT2D eigenvalue weighted by atomic mass is 10.1. The molecule has 0 aliphatic carbocycles. The summed E-state index contributed by atoms with van der Waals surface area (Å²) in [7, 11) is 0. The Morgan fingerprint density at radius 3 is 2.59 bits per heavy atom. The minimum absolute atomic E-state index is 0.0496. The van der Waals surface area contributed by atoms with Gasteiger partial charge in [-0.15, -0.1) is 0 Å². The predicted molar refractivity (Wildman–Crippen MR) is 68.2 cm³/mol. The number of rotatable bonds is 3. The zero-order valence-electron chi connectivity index (χ0n) is 10.0. The summed E-state index contributed by atoms with van der Waals surface area (Å²) in [6, 6.07) is 8.14. The highest BCUT2D eigenvalue weighted by Gasteiger charge is 2.12. The highest BCUT2D eigenvalue weighted by Crippen LogP contribution is 2.17. The Morgan fingerprint density at radius 1 is 1.29 bits per heavy atom. The quantitative estimate of drug-likeness (QED) is 0.843. The third-order valence-corrected chi connectivity index (χ3v) is 2.74. The van der Waals surface area contributed by atoms with Crippen molar-refractivity contribution >= 4 is 17.3 Å². The van der Waals surface area contributed by atoms with Crippen LogP contribution in [-0.2, 0) is 9.53 Å². The van der Waals surface area contributed by atoms with Gasteiger partial charge >= 0.3 is 0 Å². The first-order valence-electron chi connectivity index (χ1n) is 5.96. The molecule has 0 aromatic heterocycles. The highest BCUT2D eigenvalue weighted by atomic mass is 16.5. The fraction of sp³-hybridized carbons (Fsp3) is 0.462. The molecular weight excluding hydrogens is 216 g/mol.